The Kier molecular flexibility index (Phi) is 7.24. The summed E-state index contributed by atoms with van der Waals surface area (Å²) in [7, 11) is 0. The molecule has 3 aromatic rings. The molecule has 3 rings (SSSR count). The van der Waals surface area contributed by atoms with Crippen molar-refractivity contribution in [2.45, 2.75) is 32.6 Å². The number of anilines is 1. The van der Waals surface area contributed by atoms with E-state index >= 15 is 0 Å². The van der Waals surface area contributed by atoms with Crippen molar-refractivity contribution in [1.82, 2.24) is 5.32 Å². The molecule has 0 saturated heterocycles. The molecule has 1 aromatic heterocycles. The molecule has 0 spiro atoms. The molecule has 156 valence electrons. The zero-order valence-electron chi connectivity index (χ0n) is 16.8. The van der Waals surface area contributed by atoms with E-state index in [1.54, 1.807) is 12.3 Å². The number of urea groups is 1. The van der Waals surface area contributed by atoms with Crippen molar-refractivity contribution in [3.8, 4) is 0 Å². The maximum absolute atomic E-state index is 12.6. The Balaban J connectivity index is 1.60. The van der Waals surface area contributed by atoms with Gasteiger partial charge in [-0.15, -0.1) is 0 Å². The molecule has 0 aliphatic rings. The third kappa shape index (κ3) is 6.22. The third-order valence-electron chi connectivity index (χ3n) is 4.57. The van der Waals surface area contributed by atoms with Gasteiger partial charge in [-0.3, -0.25) is 4.79 Å². The number of rotatable bonds is 9. The quantitative estimate of drug-likeness (QED) is 0.497. The molecule has 1 unspecified atom stereocenters. The molecule has 4 N–H and O–H groups in total. The van der Waals surface area contributed by atoms with Crippen LogP contribution in [-0.2, 0) is 22.7 Å². The van der Waals surface area contributed by atoms with Gasteiger partial charge >= 0.3 is 6.03 Å². The molecular formula is C23H25N3O4. The van der Waals surface area contributed by atoms with E-state index in [1.165, 1.54) is 0 Å². The number of benzene rings is 2. The summed E-state index contributed by atoms with van der Waals surface area (Å²) < 4.78 is 10.9. The number of carbonyl (C=O) groups is 2. The standard InChI is InChI=1S/C23H25N3O4/c1-16-6-2-3-10-20(16)21(26-23(24)28)13-22(27)25-18-8-4-7-17(12-18)14-29-15-19-9-5-11-30-19/h2-12,21H,13-15H2,1H3,(H,25,27)(H3,24,26,28). The number of hydrogen-bond donors (Lipinski definition) is 3. The Morgan fingerprint density at radius 2 is 1.90 bits per heavy atom. The number of nitrogens with two attached hydrogens (primary N) is 1. The summed E-state index contributed by atoms with van der Waals surface area (Å²) in [6.45, 7) is 2.69. The average molecular weight is 407 g/mol. The van der Waals surface area contributed by atoms with Gasteiger partial charge in [0, 0.05) is 5.69 Å². The highest BCUT2D eigenvalue weighted by atomic mass is 16.5. The summed E-state index contributed by atoms with van der Waals surface area (Å²) in [5.41, 5.74) is 8.71. The van der Waals surface area contributed by atoms with E-state index in [2.05, 4.69) is 10.6 Å². The van der Waals surface area contributed by atoms with Gasteiger partial charge in [-0.2, -0.15) is 0 Å². The molecule has 2 aromatic carbocycles. The van der Waals surface area contributed by atoms with Crippen LogP contribution in [0.4, 0.5) is 10.5 Å². The Morgan fingerprint density at radius 3 is 2.63 bits per heavy atom. The number of furan rings is 1. The van der Waals surface area contributed by atoms with Crippen molar-refractivity contribution in [1.29, 1.82) is 0 Å². The lowest BCUT2D eigenvalue weighted by Gasteiger charge is -2.19. The van der Waals surface area contributed by atoms with Crippen LogP contribution in [0, 0.1) is 6.92 Å². The van der Waals surface area contributed by atoms with Crippen LogP contribution >= 0.6 is 0 Å². The number of amides is 3. The fraction of sp³-hybridized carbons (Fsp3) is 0.217. The highest BCUT2D eigenvalue weighted by molar-refractivity contribution is 5.91. The Morgan fingerprint density at radius 1 is 1.07 bits per heavy atom. The minimum absolute atomic E-state index is 0.0625. The number of primary amides is 1. The number of ether oxygens (including phenoxy) is 1. The molecule has 30 heavy (non-hydrogen) atoms. The van der Waals surface area contributed by atoms with Crippen molar-refractivity contribution < 1.29 is 18.7 Å². The van der Waals surface area contributed by atoms with Crippen LogP contribution in [0.5, 0.6) is 0 Å². The lowest BCUT2D eigenvalue weighted by atomic mass is 9.98. The summed E-state index contributed by atoms with van der Waals surface area (Å²) in [5.74, 6) is 0.523. The summed E-state index contributed by atoms with van der Waals surface area (Å²) in [4.78, 5) is 24.0. The second kappa shape index (κ2) is 10.3. The molecule has 1 atom stereocenters. The predicted octanol–water partition coefficient (Wildman–Crippen LogP) is 4.04. The van der Waals surface area contributed by atoms with Crippen LogP contribution in [0.25, 0.3) is 0 Å². The van der Waals surface area contributed by atoms with Gasteiger partial charge in [0.2, 0.25) is 5.91 Å². The van der Waals surface area contributed by atoms with Crippen LogP contribution < -0.4 is 16.4 Å². The monoisotopic (exact) mass is 407 g/mol. The van der Waals surface area contributed by atoms with E-state index < -0.39 is 12.1 Å². The smallest absolute Gasteiger partial charge is 0.312 e. The molecule has 0 radical (unpaired) electrons. The van der Waals surface area contributed by atoms with Crippen LogP contribution in [0.2, 0.25) is 0 Å². The fourth-order valence-corrected chi connectivity index (χ4v) is 3.19. The predicted molar refractivity (Wildman–Crippen MR) is 114 cm³/mol. The van der Waals surface area contributed by atoms with Gasteiger partial charge in [0.1, 0.15) is 12.4 Å². The summed E-state index contributed by atoms with van der Waals surface area (Å²) in [6.07, 6.45) is 1.67. The summed E-state index contributed by atoms with van der Waals surface area (Å²) >= 11 is 0. The van der Waals surface area contributed by atoms with Crippen LogP contribution in [-0.4, -0.2) is 11.9 Å². The molecule has 1 heterocycles. The van der Waals surface area contributed by atoms with Crippen LogP contribution in [0.1, 0.15) is 34.9 Å². The molecule has 7 heteroatoms. The first-order valence-electron chi connectivity index (χ1n) is 9.61. The van der Waals surface area contributed by atoms with Crippen molar-refractivity contribution >= 4 is 17.6 Å². The van der Waals surface area contributed by atoms with E-state index in [-0.39, 0.29) is 12.3 Å². The fourth-order valence-electron chi connectivity index (χ4n) is 3.19. The van der Waals surface area contributed by atoms with E-state index in [0.29, 0.717) is 18.9 Å². The molecule has 0 aliphatic carbocycles. The lowest BCUT2D eigenvalue weighted by Crippen LogP contribution is -2.35. The normalized spacial score (nSPS) is 11.6. The van der Waals surface area contributed by atoms with Crippen molar-refractivity contribution in [3.63, 3.8) is 0 Å². The molecule has 0 fully saturated rings. The van der Waals surface area contributed by atoms with Crippen molar-refractivity contribution in [2.24, 2.45) is 5.73 Å². The highest BCUT2D eigenvalue weighted by Crippen LogP contribution is 2.22. The second-order valence-corrected chi connectivity index (χ2v) is 6.94. The van der Waals surface area contributed by atoms with Crippen LogP contribution in [0.15, 0.2) is 71.3 Å². The third-order valence-corrected chi connectivity index (χ3v) is 4.57. The van der Waals surface area contributed by atoms with E-state index in [4.69, 9.17) is 14.9 Å². The van der Waals surface area contributed by atoms with Gasteiger partial charge in [0.25, 0.3) is 0 Å². The first-order chi connectivity index (χ1) is 14.5. The zero-order chi connectivity index (χ0) is 21.3. The van der Waals surface area contributed by atoms with Gasteiger partial charge < -0.3 is 25.5 Å². The average Bonchev–Trinajstić information content (AvgIpc) is 3.21. The largest absolute Gasteiger partial charge is 0.467 e. The Labute approximate surface area is 175 Å². The second-order valence-electron chi connectivity index (χ2n) is 6.94. The van der Waals surface area contributed by atoms with Gasteiger partial charge in [-0.1, -0.05) is 36.4 Å². The van der Waals surface area contributed by atoms with Gasteiger partial charge in [0.05, 0.1) is 25.3 Å². The molecule has 3 amide bonds. The molecular weight excluding hydrogens is 382 g/mol. The number of carbonyl (C=O) groups excluding carboxylic acids is 2. The summed E-state index contributed by atoms with van der Waals surface area (Å²) in [6, 6.07) is 17.5. The maximum atomic E-state index is 12.6. The minimum atomic E-state index is -0.674. The molecule has 0 bridgehead atoms. The molecule has 0 saturated carbocycles. The Bertz CT molecular complexity index is 986. The first kappa shape index (κ1) is 21.1. The summed E-state index contributed by atoms with van der Waals surface area (Å²) in [5, 5.41) is 5.53. The van der Waals surface area contributed by atoms with Crippen molar-refractivity contribution in [2.75, 3.05) is 5.32 Å². The maximum Gasteiger partial charge on any atom is 0.312 e. The Hall–Kier alpha value is -3.58. The zero-order valence-corrected chi connectivity index (χ0v) is 16.8. The van der Waals surface area contributed by atoms with Gasteiger partial charge in [-0.25, -0.2) is 4.79 Å². The molecule has 0 aliphatic heterocycles. The number of nitrogens with one attached hydrogen (secondary N) is 2. The minimum Gasteiger partial charge on any atom is -0.467 e. The van der Waals surface area contributed by atoms with E-state index in [1.807, 2.05) is 61.5 Å². The van der Waals surface area contributed by atoms with Gasteiger partial charge in [0.15, 0.2) is 0 Å². The van der Waals surface area contributed by atoms with E-state index in [0.717, 1.165) is 22.5 Å². The number of hydrogen-bond acceptors (Lipinski definition) is 4. The highest BCUT2D eigenvalue weighted by Gasteiger charge is 2.19. The number of aryl methyl sites for hydroxylation is 1. The van der Waals surface area contributed by atoms with Crippen LogP contribution in [0.3, 0.4) is 0 Å². The first-order valence-corrected chi connectivity index (χ1v) is 9.61. The lowest BCUT2D eigenvalue weighted by molar-refractivity contribution is -0.116. The molecule has 7 nitrogen and oxygen atoms in total. The van der Waals surface area contributed by atoms with E-state index in [9.17, 15) is 9.59 Å². The van der Waals surface area contributed by atoms with Crippen molar-refractivity contribution in [3.05, 3.63) is 89.4 Å². The van der Waals surface area contributed by atoms with Gasteiger partial charge in [-0.05, 0) is 47.9 Å². The SMILES string of the molecule is Cc1ccccc1C(CC(=O)Nc1cccc(COCc2ccco2)c1)NC(N)=O. The topological polar surface area (TPSA) is 107 Å².